The first-order chi connectivity index (χ1) is 5.25. The molecule has 0 atom stereocenters. The van der Waals surface area contributed by atoms with Gasteiger partial charge in [0.05, 0.1) is 5.69 Å². The minimum atomic E-state index is 0.634. The zero-order valence-corrected chi connectivity index (χ0v) is 6.44. The summed E-state index contributed by atoms with van der Waals surface area (Å²) in [5, 5.41) is 3.52. The average molecular weight is 148 g/mol. The molecule has 0 unspecified atom stereocenters. The van der Waals surface area contributed by atoms with Crippen molar-refractivity contribution in [3.63, 3.8) is 0 Å². The van der Waals surface area contributed by atoms with Gasteiger partial charge >= 0.3 is 0 Å². The van der Waals surface area contributed by atoms with Crippen molar-refractivity contribution in [2.24, 2.45) is 5.11 Å². The first-order valence-electron chi connectivity index (χ1n) is 3.23. The van der Waals surface area contributed by atoms with Crippen LogP contribution in [0.2, 0.25) is 0 Å². The molecule has 0 aromatic carbocycles. The summed E-state index contributed by atoms with van der Waals surface area (Å²) in [5.41, 5.74) is 10.6. The summed E-state index contributed by atoms with van der Waals surface area (Å²) in [6.45, 7) is 3.70. The van der Waals surface area contributed by atoms with E-state index in [1.165, 1.54) is 0 Å². The Hall–Kier alpha value is -1.54. The number of rotatable bonds is 1. The van der Waals surface area contributed by atoms with Gasteiger partial charge in [-0.15, -0.1) is 0 Å². The Balaban J connectivity index is 3.31. The number of aryl methyl sites for hydroxylation is 2. The SMILES string of the molecule is Cc1ccnc(C)c1N=[N+]=[N-]. The molecule has 0 saturated heterocycles. The fourth-order valence-corrected chi connectivity index (χ4v) is 0.882. The second kappa shape index (κ2) is 3.03. The smallest absolute Gasteiger partial charge is 0.0617 e. The third kappa shape index (κ3) is 1.48. The van der Waals surface area contributed by atoms with Crippen LogP contribution in [0.4, 0.5) is 5.69 Å². The standard InChI is InChI=1S/C7H8N4/c1-5-3-4-9-6(2)7(5)10-11-8/h3-4H,1-2H3. The van der Waals surface area contributed by atoms with Crippen molar-refractivity contribution >= 4 is 5.69 Å². The van der Waals surface area contributed by atoms with Crippen LogP contribution < -0.4 is 0 Å². The largest absolute Gasteiger partial charge is 0.261 e. The van der Waals surface area contributed by atoms with Crippen LogP contribution in [0.3, 0.4) is 0 Å². The maximum atomic E-state index is 8.20. The molecule has 1 rings (SSSR count). The Labute approximate surface area is 64.5 Å². The van der Waals surface area contributed by atoms with E-state index < -0.39 is 0 Å². The average Bonchev–Trinajstić information content (AvgIpc) is 1.97. The van der Waals surface area contributed by atoms with Crippen LogP contribution in [0.5, 0.6) is 0 Å². The van der Waals surface area contributed by atoms with E-state index in [1.807, 2.05) is 19.9 Å². The van der Waals surface area contributed by atoms with Gasteiger partial charge in [0, 0.05) is 16.8 Å². The van der Waals surface area contributed by atoms with Gasteiger partial charge in [0.2, 0.25) is 0 Å². The fourth-order valence-electron chi connectivity index (χ4n) is 0.882. The van der Waals surface area contributed by atoms with Crippen molar-refractivity contribution in [3.05, 3.63) is 34.0 Å². The summed E-state index contributed by atoms with van der Waals surface area (Å²) in [6.07, 6.45) is 1.70. The van der Waals surface area contributed by atoms with Gasteiger partial charge in [0.1, 0.15) is 0 Å². The lowest BCUT2D eigenvalue weighted by atomic mass is 10.2. The summed E-state index contributed by atoms with van der Waals surface area (Å²) < 4.78 is 0. The Morgan fingerprint density at radius 1 is 1.55 bits per heavy atom. The van der Waals surface area contributed by atoms with Gasteiger partial charge in [-0.05, 0) is 31.0 Å². The quantitative estimate of drug-likeness (QED) is 0.343. The van der Waals surface area contributed by atoms with E-state index in [0.717, 1.165) is 11.3 Å². The molecule has 4 heteroatoms. The lowest BCUT2D eigenvalue weighted by Crippen LogP contribution is -1.82. The summed E-state index contributed by atoms with van der Waals surface area (Å²) in [7, 11) is 0. The molecule has 0 amide bonds. The molecule has 0 fully saturated rings. The predicted molar refractivity (Wildman–Crippen MR) is 42.5 cm³/mol. The number of hydrogen-bond acceptors (Lipinski definition) is 2. The van der Waals surface area contributed by atoms with Gasteiger partial charge < -0.3 is 0 Å². The third-order valence-electron chi connectivity index (χ3n) is 1.45. The second-order valence-corrected chi connectivity index (χ2v) is 2.25. The molecule has 0 saturated carbocycles. The van der Waals surface area contributed by atoms with Crippen LogP contribution in [0.15, 0.2) is 17.4 Å². The normalized spacial score (nSPS) is 8.91. The molecule has 1 aromatic rings. The molecule has 0 aliphatic carbocycles. The molecule has 4 nitrogen and oxygen atoms in total. The minimum Gasteiger partial charge on any atom is -0.261 e. The molecule has 0 aliphatic rings. The van der Waals surface area contributed by atoms with E-state index in [0.29, 0.717) is 5.69 Å². The van der Waals surface area contributed by atoms with Gasteiger partial charge in [-0.1, -0.05) is 5.11 Å². The molecular formula is C7H8N4. The van der Waals surface area contributed by atoms with E-state index in [2.05, 4.69) is 15.0 Å². The first-order valence-corrected chi connectivity index (χ1v) is 3.23. The maximum Gasteiger partial charge on any atom is 0.0617 e. The zero-order valence-electron chi connectivity index (χ0n) is 6.44. The lowest BCUT2D eigenvalue weighted by Gasteiger charge is -1.99. The predicted octanol–water partition coefficient (Wildman–Crippen LogP) is 2.64. The second-order valence-electron chi connectivity index (χ2n) is 2.25. The van der Waals surface area contributed by atoms with Crippen LogP contribution in [0.1, 0.15) is 11.3 Å². The number of pyridine rings is 1. The molecule has 11 heavy (non-hydrogen) atoms. The topological polar surface area (TPSA) is 61.7 Å². The number of nitrogens with zero attached hydrogens (tertiary/aromatic N) is 4. The van der Waals surface area contributed by atoms with Gasteiger partial charge in [-0.3, -0.25) is 4.98 Å². The third-order valence-corrected chi connectivity index (χ3v) is 1.45. The van der Waals surface area contributed by atoms with Crippen LogP contribution in [-0.2, 0) is 0 Å². The van der Waals surface area contributed by atoms with Crippen LogP contribution in [0.25, 0.3) is 10.4 Å². The number of aromatic nitrogens is 1. The van der Waals surface area contributed by atoms with Crippen LogP contribution in [-0.4, -0.2) is 4.98 Å². The highest BCUT2D eigenvalue weighted by atomic mass is 15.1. The van der Waals surface area contributed by atoms with E-state index in [9.17, 15) is 0 Å². The highest BCUT2D eigenvalue weighted by molar-refractivity contribution is 5.47. The molecule has 0 aliphatic heterocycles. The number of azide groups is 1. The maximum absolute atomic E-state index is 8.20. The van der Waals surface area contributed by atoms with Crippen molar-refractivity contribution in [2.45, 2.75) is 13.8 Å². The van der Waals surface area contributed by atoms with Gasteiger partial charge in [0.25, 0.3) is 0 Å². The first kappa shape index (κ1) is 7.57. The van der Waals surface area contributed by atoms with Crippen LogP contribution in [0, 0.1) is 13.8 Å². The monoisotopic (exact) mass is 148 g/mol. The fraction of sp³-hybridized carbons (Fsp3) is 0.286. The molecule has 1 heterocycles. The summed E-state index contributed by atoms with van der Waals surface area (Å²) >= 11 is 0. The van der Waals surface area contributed by atoms with E-state index in [1.54, 1.807) is 6.20 Å². The zero-order chi connectivity index (χ0) is 8.27. The van der Waals surface area contributed by atoms with Gasteiger partial charge in [-0.2, -0.15) is 0 Å². The Kier molecular flexibility index (Phi) is 2.09. The van der Waals surface area contributed by atoms with Crippen molar-refractivity contribution in [1.29, 1.82) is 0 Å². The molecule has 0 spiro atoms. The summed E-state index contributed by atoms with van der Waals surface area (Å²) in [4.78, 5) is 6.71. The van der Waals surface area contributed by atoms with Gasteiger partial charge in [0.15, 0.2) is 0 Å². The van der Waals surface area contributed by atoms with Crippen molar-refractivity contribution in [3.8, 4) is 0 Å². The van der Waals surface area contributed by atoms with Crippen molar-refractivity contribution in [2.75, 3.05) is 0 Å². The highest BCUT2D eigenvalue weighted by Gasteiger charge is 1.98. The van der Waals surface area contributed by atoms with E-state index in [4.69, 9.17) is 5.53 Å². The van der Waals surface area contributed by atoms with Crippen LogP contribution >= 0.6 is 0 Å². The molecule has 0 radical (unpaired) electrons. The summed E-state index contributed by atoms with van der Waals surface area (Å²) in [5.74, 6) is 0. The Morgan fingerprint density at radius 3 is 2.82 bits per heavy atom. The van der Waals surface area contributed by atoms with E-state index in [-0.39, 0.29) is 0 Å². The Morgan fingerprint density at radius 2 is 2.27 bits per heavy atom. The molecule has 0 bridgehead atoms. The van der Waals surface area contributed by atoms with Gasteiger partial charge in [-0.25, -0.2) is 0 Å². The van der Waals surface area contributed by atoms with Crippen molar-refractivity contribution in [1.82, 2.24) is 4.98 Å². The lowest BCUT2D eigenvalue weighted by molar-refractivity contribution is 1.16. The molecule has 0 N–H and O–H groups in total. The molecule has 56 valence electrons. The molecule has 1 aromatic heterocycles. The Bertz CT molecular complexity index is 292. The number of hydrogen-bond donors (Lipinski definition) is 0. The minimum absolute atomic E-state index is 0.634. The summed E-state index contributed by atoms with van der Waals surface area (Å²) in [6, 6.07) is 1.82. The van der Waals surface area contributed by atoms with E-state index >= 15 is 0 Å². The van der Waals surface area contributed by atoms with Crippen molar-refractivity contribution < 1.29 is 0 Å². The molecular weight excluding hydrogens is 140 g/mol. The highest BCUT2D eigenvalue weighted by Crippen LogP contribution is 2.20.